The lowest BCUT2D eigenvalue weighted by atomic mass is 10.2. The van der Waals surface area contributed by atoms with Gasteiger partial charge in [-0.1, -0.05) is 36.7 Å². The molecule has 3 aromatic rings. The van der Waals surface area contributed by atoms with Gasteiger partial charge in [-0.05, 0) is 67.4 Å². The molecule has 1 N–H and O–H groups in total. The number of nitrogens with zero attached hydrogens (tertiary/aromatic N) is 2. The fourth-order valence-electron chi connectivity index (χ4n) is 3.39. The Morgan fingerprint density at radius 3 is 2.39 bits per heavy atom. The normalized spacial score (nSPS) is 11.3. The van der Waals surface area contributed by atoms with Crippen LogP contribution in [0.25, 0.3) is 0 Å². The largest absolute Gasteiger partial charge is 0.495 e. The monoisotopic (exact) mass is 559 g/mol. The second kappa shape index (κ2) is 13.7. The molecule has 202 valence electrons. The van der Waals surface area contributed by atoms with Crippen molar-refractivity contribution in [3.8, 4) is 17.2 Å². The Morgan fingerprint density at radius 2 is 1.74 bits per heavy atom. The van der Waals surface area contributed by atoms with Crippen LogP contribution in [0.4, 0.5) is 5.69 Å². The minimum atomic E-state index is -4.10. The van der Waals surface area contributed by atoms with Crippen LogP contribution in [-0.2, 0) is 14.8 Å². The van der Waals surface area contributed by atoms with Crippen LogP contribution in [0.5, 0.6) is 17.2 Å². The number of halogens is 1. The van der Waals surface area contributed by atoms with Crippen molar-refractivity contribution in [2.24, 2.45) is 5.10 Å². The zero-order chi connectivity index (χ0) is 27.5. The third kappa shape index (κ3) is 7.39. The summed E-state index contributed by atoms with van der Waals surface area (Å²) in [6, 6.07) is 17.6. The summed E-state index contributed by atoms with van der Waals surface area (Å²) in [5, 5.41) is 4.19. The van der Waals surface area contributed by atoms with E-state index >= 15 is 0 Å². The van der Waals surface area contributed by atoms with Gasteiger partial charge >= 0.3 is 0 Å². The fraction of sp³-hybridized carbons (Fsp3) is 0.259. The van der Waals surface area contributed by atoms with Gasteiger partial charge in [-0.25, -0.2) is 13.8 Å². The van der Waals surface area contributed by atoms with Gasteiger partial charge in [-0.2, -0.15) is 5.10 Å². The molecule has 0 aliphatic heterocycles. The number of hydrogen-bond donors (Lipinski definition) is 1. The molecule has 0 saturated carbocycles. The van der Waals surface area contributed by atoms with E-state index in [4.69, 9.17) is 25.8 Å². The highest BCUT2D eigenvalue weighted by atomic mass is 35.5. The van der Waals surface area contributed by atoms with Gasteiger partial charge in [0.05, 0.1) is 42.1 Å². The van der Waals surface area contributed by atoms with E-state index in [1.54, 1.807) is 36.4 Å². The lowest BCUT2D eigenvalue weighted by molar-refractivity contribution is -0.119. The summed E-state index contributed by atoms with van der Waals surface area (Å²) in [7, 11) is -2.64. The van der Waals surface area contributed by atoms with E-state index in [0.717, 1.165) is 10.7 Å². The maximum atomic E-state index is 13.4. The molecule has 0 fully saturated rings. The zero-order valence-corrected chi connectivity index (χ0v) is 23.0. The van der Waals surface area contributed by atoms with Crippen molar-refractivity contribution in [1.82, 2.24) is 5.43 Å². The minimum Gasteiger partial charge on any atom is -0.495 e. The summed E-state index contributed by atoms with van der Waals surface area (Å²) in [5.41, 5.74) is 3.24. The molecule has 9 nitrogen and oxygen atoms in total. The van der Waals surface area contributed by atoms with Gasteiger partial charge in [0.1, 0.15) is 12.3 Å². The van der Waals surface area contributed by atoms with E-state index in [-0.39, 0.29) is 15.6 Å². The van der Waals surface area contributed by atoms with Crippen molar-refractivity contribution < 1.29 is 27.4 Å². The molecule has 0 spiro atoms. The molecule has 0 heterocycles. The number of nitrogens with one attached hydrogen (secondary N) is 1. The predicted octanol–water partition coefficient (Wildman–Crippen LogP) is 4.88. The maximum Gasteiger partial charge on any atom is 0.264 e. The first-order valence-corrected chi connectivity index (χ1v) is 13.7. The third-order valence-electron chi connectivity index (χ3n) is 5.17. The van der Waals surface area contributed by atoms with Crippen molar-refractivity contribution in [1.29, 1.82) is 0 Å². The Morgan fingerprint density at radius 1 is 1.00 bits per heavy atom. The third-order valence-corrected chi connectivity index (χ3v) is 7.26. The van der Waals surface area contributed by atoms with Crippen molar-refractivity contribution in [3.63, 3.8) is 0 Å². The van der Waals surface area contributed by atoms with Gasteiger partial charge in [0, 0.05) is 0 Å². The molecule has 3 aromatic carbocycles. The summed E-state index contributed by atoms with van der Waals surface area (Å²) >= 11 is 6.24. The first-order chi connectivity index (χ1) is 18.3. The van der Waals surface area contributed by atoms with E-state index < -0.39 is 22.5 Å². The fourth-order valence-corrected chi connectivity index (χ4v) is 5.08. The molecule has 0 radical (unpaired) electrons. The molecule has 0 unspecified atom stereocenters. The number of benzene rings is 3. The van der Waals surface area contributed by atoms with Crippen LogP contribution in [0.2, 0.25) is 5.02 Å². The number of hydrogen-bond acceptors (Lipinski definition) is 7. The molecule has 11 heteroatoms. The Balaban J connectivity index is 1.81. The molecule has 0 atom stereocenters. The van der Waals surface area contributed by atoms with Crippen LogP contribution >= 0.6 is 11.6 Å². The van der Waals surface area contributed by atoms with Gasteiger partial charge in [0.25, 0.3) is 15.9 Å². The number of amides is 1. The Bertz CT molecular complexity index is 1370. The molecule has 0 saturated heterocycles. The molecular weight excluding hydrogens is 530 g/mol. The zero-order valence-electron chi connectivity index (χ0n) is 21.4. The molecule has 3 rings (SSSR count). The lowest BCUT2D eigenvalue weighted by Gasteiger charge is -2.24. The number of hydrazone groups is 1. The van der Waals surface area contributed by atoms with E-state index in [9.17, 15) is 13.2 Å². The summed E-state index contributed by atoms with van der Waals surface area (Å²) in [6.07, 6.45) is 2.30. The SMILES string of the molecule is CCCOc1ccc(/C=N/NC(=O)CN(c2ccc(OC)c(Cl)c2)S(=O)(=O)c2ccccc2)cc1OCC. The highest BCUT2D eigenvalue weighted by Gasteiger charge is 2.27. The van der Waals surface area contributed by atoms with E-state index in [0.29, 0.717) is 36.0 Å². The van der Waals surface area contributed by atoms with Crippen molar-refractivity contribution in [2.45, 2.75) is 25.2 Å². The second-order valence-corrected chi connectivity index (χ2v) is 10.2. The number of anilines is 1. The average Bonchev–Trinajstić information content (AvgIpc) is 2.92. The topological polar surface area (TPSA) is 107 Å². The van der Waals surface area contributed by atoms with Crippen LogP contribution in [-0.4, -0.2) is 47.4 Å². The highest BCUT2D eigenvalue weighted by Crippen LogP contribution is 2.32. The average molecular weight is 560 g/mol. The summed E-state index contributed by atoms with van der Waals surface area (Å²) < 4.78 is 44.3. The van der Waals surface area contributed by atoms with Crippen LogP contribution in [0.1, 0.15) is 25.8 Å². The number of carbonyl (C=O) groups is 1. The molecular formula is C27H30ClN3O6S. The lowest BCUT2D eigenvalue weighted by Crippen LogP contribution is -2.39. The van der Waals surface area contributed by atoms with E-state index in [1.807, 2.05) is 13.8 Å². The number of methoxy groups -OCH3 is 1. The van der Waals surface area contributed by atoms with Crippen molar-refractivity contribution >= 4 is 39.4 Å². The molecule has 0 bridgehead atoms. The van der Waals surface area contributed by atoms with Gasteiger partial charge in [0.15, 0.2) is 11.5 Å². The maximum absolute atomic E-state index is 13.4. The van der Waals surface area contributed by atoms with Gasteiger partial charge in [-0.3, -0.25) is 9.10 Å². The Labute approximate surface area is 228 Å². The molecule has 0 aliphatic carbocycles. The summed E-state index contributed by atoms with van der Waals surface area (Å²) in [4.78, 5) is 12.8. The molecule has 1 amide bonds. The van der Waals surface area contributed by atoms with E-state index in [1.165, 1.54) is 43.7 Å². The first kappa shape index (κ1) is 28.8. The molecule has 38 heavy (non-hydrogen) atoms. The highest BCUT2D eigenvalue weighted by molar-refractivity contribution is 7.92. The number of sulfonamides is 1. The molecule has 0 aromatic heterocycles. The van der Waals surface area contributed by atoms with Crippen molar-refractivity contribution in [3.05, 3.63) is 77.3 Å². The van der Waals surface area contributed by atoms with Gasteiger partial charge < -0.3 is 14.2 Å². The van der Waals surface area contributed by atoms with Gasteiger partial charge in [-0.15, -0.1) is 0 Å². The van der Waals surface area contributed by atoms with Crippen LogP contribution in [0.15, 0.2) is 76.7 Å². The molecule has 0 aliphatic rings. The standard InChI is InChI=1S/C27H30ClN3O6S/c1-4-15-37-25-13-11-20(16-26(25)36-5-2)18-29-30-27(32)19-31(21-12-14-24(35-3)23(28)17-21)38(33,34)22-9-7-6-8-10-22/h6-14,16-18H,4-5,15,19H2,1-3H3,(H,30,32)/b29-18+. The summed E-state index contributed by atoms with van der Waals surface area (Å²) in [6.45, 7) is 4.37. The van der Waals surface area contributed by atoms with Crippen molar-refractivity contribution in [2.75, 3.05) is 31.2 Å². The summed E-state index contributed by atoms with van der Waals surface area (Å²) in [5.74, 6) is 0.905. The quantitative estimate of drug-likeness (QED) is 0.236. The van der Waals surface area contributed by atoms with E-state index in [2.05, 4.69) is 10.5 Å². The number of ether oxygens (including phenoxy) is 3. The second-order valence-electron chi connectivity index (χ2n) is 7.92. The Hall–Kier alpha value is -3.76. The number of rotatable bonds is 13. The predicted molar refractivity (Wildman–Crippen MR) is 148 cm³/mol. The minimum absolute atomic E-state index is 0.0251. The smallest absolute Gasteiger partial charge is 0.264 e. The van der Waals surface area contributed by atoms with Crippen LogP contribution < -0.4 is 23.9 Å². The number of carbonyl (C=O) groups excluding carboxylic acids is 1. The van der Waals surface area contributed by atoms with Crippen LogP contribution in [0.3, 0.4) is 0 Å². The first-order valence-electron chi connectivity index (χ1n) is 11.9. The Kier molecular flexibility index (Phi) is 10.4. The van der Waals surface area contributed by atoms with Gasteiger partial charge in [0.2, 0.25) is 0 Å². The van der Waals surface area contributed by atoms with Crippen LogP contribution in [0, 0.1) is 0 Å².